The minimum absolute atomic E-state index is 0.0612. The third-order valence-electron chi connectivity index (χ3n) is 3.41. The van der Waals surface area contributed by atoms with Gasteiger partial charge < -0.3 is 10.1 Å². The lowest BCUT2D eigenvalue weighted by atomic mass is 10.0. The van der Waals surface area contributed by atoms with Crippen LogP contribution >= 0.6 is 0 Å². The molecular formula is C18H14F2N2O3. The van der Waals surface area contributed by atoms with Gasteiger partial charge in [0.05, 0.1) is 18.7 Å². The molecule has 25 heavy (non-hydrogen) atoms. The highest BCUT2D eigenvalue weighted by Gasteiger charge is 2.23. The molecule has 0 aromatic heterocycles. The fourth-order valence-corrected chi connectivity index (χ4v) is 2.27. The Kier molecular flexibility index (Phi) is 5.79. The highest BCUT2D eigenvalue weighted by atomic mass is 19.1. The fraction of sp³-hybridized carbons (Fsp3) is 0.167. The smallest absolute Gasteiger partial charge is 0.328 e. The fourth-order valence-electron chi connectivity index (χ4n) is 2.27. The van der Waals surface area contributed by atoms with Crippen molar-refractivity contribution in [2.24, 2.45) is 0 Å². The number of esters is 1. The zero-order chi connectivity index (χ0) is 18.4. The number of nitriles is 1. The number of benzene rings is 2. The molecule has 128 valence electrons. The third kappa shape index (κ3) is 4.85. The third-order valence-corrected chi connectivity index (χ3v) is 3.41. The Morgan fingerprint density at radius 3 is 2.48 bits per heavy atom. The summed E-state index contributed by atoms with van der Waals surface area (Å²) in [4.78, 5) is 24.1. The average Bonchev–Trinajstić information content (AvgIpc) is 2.59. The predicted molar refractivity (Wildman–Crippen MR) is 84.5 cm³/mol. The number of halogens is 2. The Morgan fingerprint density at radius 2 is 1.88 bits per heavy atom. The van der Waals surface area contributed by atoms with E-state index in [1.165, 1.54) is 0 Å². The molecule has 5 nitrogen and oxygen atoms in total. The van der Waals surface area contributed by atoms with Crippen LogP contribution in [-0.4, -0.2) is 25.0 Å². The minimum Gasteiger partial charge on any atom is -0.467 e. The molecule has 0 heterocycles. The van der Waals surface area contributed by atoms with Crippen molar-refractivity contribution in [3.05, 3.63) is 70.8 Å². The standard InChI is InChI=1S/C18H14F2N2O3/c1-25-18(24)16(6-11-3-2-4-12(5-11)10-21)22-17(23)13-7-14(19)9-15(20)8-13/h2-5,7-9,16H,6H2,1H3,(H,22,23)/t16-/m1/s1. The molecule has 0 radical (unpaired) electrons. The molecule has 0 bridgehead atoms. The van der Waals surface area contributed by atoms with Gasteiger partial charge >= 0.3 is 5.97 Å². The lowest BCUT2D eigenvalue weighted by Crippen LogP contribution is -2.43. The Morgan fingerprint density at radius 1 is 1.20 bits per heavy atom. The number of nitrogens with one attached hydrogen (secondary N) is 1. The molecule has 0 fully saturated rings. The van der Waals surface area contributed by atoms with Crippen LogP contribution in [0, 0.1) is 23.0 Å². The first-order valence-electron chi connectivity index (χ1n) is 7.26. The summed E-state index contributed by atoms with van der Waals surface area (Å²) in [5, 5.41) is 11.3. The Balaban J connectivity index is 2.21. The maximum Gasteiger partial charge on any atom is 0.328 e. The highest BCUT2D eigenvalue weighted by Crippen LogP contribution is 2.11. The van der Waals surface area contributed by atoms with Crippen molar-refractivity contribution >= 4 is 11.9 Å². The van der Waals surface area contributed by atoms with Crippen LogP contribution in [0.3, 0.4) is 0 Å². The van der Waals surface area contributed by atoms with Gasteiger partial charge in [-0.05, 0) is 29.8 Å². The first kappa shape index (κ1) is 18.1. The van der Waals surface area contributed by atoms with E-state index in [2.05, 4.69) is 10.1 Å². The Hall–Kier alpha value is -3.27. The van der Waals surface area contributed by atoms with Crippen LogP contribution in [0.4, 0.5) is 8.78 Å². The summed E-state index contributed by atoms with van der Waals surface area (Å²) in [6.45, 7) is 0. The van der Waals surface area contributed by atoms with Crippen molar-refractivity contribution in [2.45, 2.75) is 12.5 Å². The summed E-state index contributed by atoms with van der Waals surface area (Å²) < 4.78 is 31.1. The second-order valence-electron chi connectivity index (χ2n) is 5.22. The molecule has 2 aromatic carbocycles. The number of amides is 1. The lowest BCUT2D eigenvalue weighted by Gasteiger charge is -2.17. The van der Waals surface area contributed by atoms with Gasteiger partial charge in [-0.1, -0.05) is 12.1 Å². The Bertz CT molecular complexity index is 826. The number of carbonyl (C=O) groups excluding carboxylic acids is 2. The van der Waals surface area contributed by atoms with E-state index in [0.29, 0.717) is 17.2 Å². The quantitative estimate of drug-likeness (QED) is 0.845. The zero-order valence-electron chi connectivity index (χ0n) is 13.3. The summed E-state index contributed by atoms with van der Waals surface area (Å²) in [6, 6.07) is 9.78. The van der Waals surface area contributed by atoms with E-state index in [4.69, 9.17) is 5.26 Å². The highest BCUT2D eigenvalue weighted by molar-refractivity contribution is 5.96. The minimum atomic E-state index is -1.07. The van der Waals surface area contributed by atoms with E-state index in [-0.39, 0.29) is 12.0 Å². The van der Waals surface area contributed by atoms with Crippen molar-refractivity contribution in [2.75, 3.05) is 7.11 Å². The van der Waals surface area contributed by atoms with Gasteiger partial charge in [-0.15, -0.1) is 0 Å². The number of hydrogen-bond acceptors (Lipinski definition) is 4. The van der Waals surface area contributed by atoms with Gasteiger partial charge in [0.25, 0.3) is 5.91 Å². The van der Waals surface area contributed by atoms with Crippen molar-refractivity contribution < 1.29 is 23.1 Å². The van der Waals surface area contributed by atoms with Gasteiger partial charge in [-0.3, -0.25) is 4.79 Å². The number of methoxy groups -OCH3 is 1. The van der Waals surface area contributed by atoms with Crippen LogP contribution in [0.15, 0.2) is 42.5 Å². The monoisotopic (exact) mass is 344 g/mol. The van der Waals surface area contributed by atoms with E-state index in [1.54, 1.807) is 24.3 Å². The van der Waals surface area contributed by atoms with Crippen LogP contribution in [0.2, 0.25) is 0 Å². The zero-order valence-corrected chi connectivity index (χ0v) is 13.3. The van der Waals surface area contributed by atoms with Gasteiger partial charge in [-0.25, -0.2) is 13.6 Å². The van der Waals surface area contributed by atoms with Crippen molar-refractivity contribution in [1.29, 1.82) is 5.26 Å². The normalized spacial score (nSPS) is 11.3. The van der Waals surface area contributed by atoms with E-state index in [0.717, 1.165) is 19.2 Å². The summed E-state index contributed by atoms with van der Waals surface area (Å²) in [6.07, 6.45) is 0.0612. The predicted octanol–water partition coefficient (Wildman–Crippen LogP) is 2.35. The van der Waals surface area contributed by atoms with Gasteiger partial charge in [0.2, 0.25) is 0 Å². The number of rotatable bonds is 5. The molecule has 0 spiro atoms. The molecule has 0 aliphatic rings. The molecule has 0 unspecified atom stereocenters. The maximum atomic E-state index is 13.2. The van der Waals surface area contributed by atoms with Crippen LogP contribution in [0.1, 0.15) is 21.5 Å². The van der Waals surface area contributed by atoms with Crippen LogP contribution in [-0.2, 0) is 16.0 Å². The van der Waals surface area contributed by atoms with Gasteiger partial charge in [0.15, 0.2) is 0 Å². The van der Waals surface area contributed by atoms with Crippen molar-refractivity contribution in [3.63, 3.8) is 0 Å². The SMILES string of the molecule is COC(=O)[C@@H](Cc1cccc(C#N)c1)NC(=O)c1cc(F)cc(F)c1. The largest absolute Gasteiger partial charge is 0.467 e. The molecular weight excluding hydrogens is 330 g/mol. The Labute approximate surface area is 142 Å². The van der Waals surface area contributed by atoms with E-state index in [9.17, 15) is 18.4 Å². The maximum absolute atomic E-state index is 13.2. The van der Waals surface area contributed by atoms with Crippen LogP contribution < -0.4 is 5.32 Å². The van der Waals surface area contributed by atoms with Gasteiger partial charge in [0.1, 0.15) is 17.7 Å². The summed E-state index contributed by atoms with van der Waals surface area (Å²) in [5.41, 5.74) is 0.775. The molecule has 1 atom stereocenters. The van der Waals surface area contributed by atoms with Crippen molar-refractivity contribution in [1.82, 2.24) is 5.32 Å². The molecule has 1 N–H and O–H groups in total. The van der Waals surface area contributed by atoms with Gasteiger partial charge in [-0.2, -0.15) is 5.26 Å². The lowest BCUT2D eigenvalue weighted by molar-refractivity contribution is -0.142. The summed E-state index contributed by atoms with van der Waals surface area (Å²) >= 11 is 0. The number of ether oxygens (including phenoxy) is 1. The molecule has 7 heteroatoms. The molecule has 0 aliphatic heterocycles. The molecule has 0 saturated carbocycles. The average molecular weight is 344 g/mol. The number of nitrogens with zero attached hydrogens (tertiary/aromatic N) is 1. The first-order valence-corrected chi connectivity index (χ1v) is 7.26. The number of carbonyl (C=O) groups is 2. The summed E-state index contributed by atoms with van der Waals surface area (Å²) in [7, 11) is 1.16. The summed E-state index contributed by atoms with van der Waals surface area (Å²) in [5.74, 6) is -3.33. The van der Waals surface area contributed by atoms with Crippen LogP contribution in [0.5, 0.6) is 0 Å². The molecule has 2 aromatic rings. The first-order chi connectivity index (χ1) is 11.9. The molecule has 1 amide bonds. The molecule has 2 rings (SSSR count). The second kappa shape index (κ2) is 8.02. The number of hydrogen-bond donors (Lipinski definition) is 1. The topological polar surface area (TPSA) is 79.2 Å². The van der Waals surface area contributed by atoms with E-state index >= 15 is 0 Å². The van der Waals surface area contributed by atoms with E-state index in [1.807, 2.05) is 6.07 Å². The molecule has 0 aliphatic carbocycles. The van der Waals surface area contributed by atoms with Crippen molar-refractivity contribution in [3.8, 4) is 6.07 Å². The van der Waals surface area contributed by atoms with Gasteiger partial charge in [0, 0.05) is 18.1 Å². The van der Waals surface area contributed by atoms with E-state index < -0.39 is 29.6 Å². The van der Waals surface area contributed by atoms with Crippen LogP contribution in [0.25, 0.3) is 0 Å². The molecule has 0 saturated heterocycles. The second-order valence-corrected chi connectivity index (χ2v) is 5.22.